The Labute approximate surface area is 109 Å². The summed E-state index contributed by atoms with van der Waals surface area (Å²) in [7, 11) is -0.975. The van der Waals surface area contributed by atoms with Crippen molar-refractivity contribution in [2.45, 2.75) is 30.0 Å². The molecule has 0 bridgehead atoms. The smallest absolute Gasteiger partial charge is 0.240 e. The normalized spacial score (nSPS) is 14.2. The predicted octanol–water partition coefficient (Wildman–Crippen LogP) is 2.36. The molecule has 2 N–H and O–H groups in total. The summed E-state index contributed by atoms with van der Waals surface area (Å²) in [6, 6.07) is 6.86. The average Bonchev–Trinajstić information content (AvgIpc) is 2.35. The Hall–Kier alpha value is -0.870. The highest BCUT2D eigenvalue weighted by Gasteiger charge is 2.14. The van der Waals surface area contributed by atoms with E-state index in [2.05, 4.69) is 6.92 Å². The van der Waals surface area contributed by atoms with Gasteiger partial charge in [0.05, 0.1) is 10.8 Å². The summed E-state index contributed by atoms with van der Waals surface area (Å²) in [4.78, 5) is 11.6. The molecule has 0 aliphatic carbocycles. The molecule has 0 fully saturated rings. The molecule has 1 aromatic rings. The Morgan fingerprint density at radius 1 is 1.41 bits per heavy atom. The van der Waals surface area contributed by atoms with Gasteiger partial charge in [-0.05, 0) is 24.1 Å². The number of carbonyl (C=O) groups is 1. The van der Waals surface area contributed by atoms with E-state index in [1.54, 1.807) is 24.3 Å². The molecule has 5 heteroatoms. The fourth-order valence-corrected chi connectivity index (χ4v) is 2.72. The van der Waals surface area contributed by atoms with E-state index in [4.69, 9.17) is 17.3 Å². The first-order valence-electron chi connectivity index (χ1n) is 5.48. The number of nitrogens with two attached hydrogens (primary N) is 1. The Bertz CT molecular complexity index is 405. The van der Waals surface area contributed by atoms with Gasteiger partial charge in [0.2, 0.25) is 5.91 Å². The highest BCUT2D eigenvalue weighted by molar-refractivity contribution is 7.85. The number of hydrogen-bond donors (Lipinski definition) is 1. The van der Waals surface area contributed by atoms with Crippen LogP contribution < -0.4 is 5.73 Å². The van der Waals surface area contributed by atoms with Crippen LogP contribution >= 0.6 is 11.6 Å². The number of unbranched alkanes of at least 4 members (excludes halogenated alkanes) is 1. The van der Waals surface area contributed by atoms with Gasteiger partial charge in [0.25, 0.3) is 0 Å². The first-order valence-corrected chi connectivity index (χ1v) is 7.23. The first kappa shape index (κ1) is 14.2. The molecule has 2 atom stereocenters. The van der Waals surface area contributed by atoms with Crippen molar-refractivity contribution < 1.29 is 9.00 Å². The summed E-state index contributed by atoms with van der Waals surface area (Å²) < 4.78 is 11.8. The minimum atomic E-state index is -0.975. The number of halogens is 1. The molecule has 3 nitrogen and oxygen atoms in total. The molecule has 94 valence electrons. The minimum Gasteiger partial charge on any atom is -0.368 e. The number of carbonyl (C=O) groups excluding carboxylic acids is 1. The van der Waals surface area contributed by atoms with Gasteiger partial charge in [-0.3, -0.25) is 9.00 Å². The van der Waals surface area contributed by atoms with Gasteiger partial charge in [0, 0.05) is 10.6 Å². The standard InChI is InChI=1S/C12H16ClNO2S/c1-2-3-8-17(16)10-6-4-9(5-7-10)11(13)12(14)15/h4-7,11H,2-3,8H2,1H3,(H2,14,15). The summed E-state index contributed by atoms with van der Waals surface area (Å²) in [6.45, 7) is 2.06. The van der Waals surface area contributed by atoms with Crippen LogP contribution in [0.25, 0.3) is 0 Å². The van der Waals surface area contributed by atoms with Gasteiger partial charge in [0.15, 0.2) is 0 Å². The Balaban J connectivity index is 2.74. The van der Waals surface area contributed by atoms with Crippen molar-refractivity contribution in [2.24, 2.45) is 5.73 Å². The monoisotopic (exact) mass is 273 g/mol. The maximum Gasteiger partial charge on any atom is 0.240 e. The molecular weight excluding hydrogens is 258 g/mol. The maximum atomic E-state index is 11.8. The van der Waals surface area contributed by atoms with E-state index in [9.17, 15) is 9.00 Å². The Morgan fingerprint density at radius 2 is 2.00 bits per heavy atom. The zero-order valence-electron chi connectivity index (χ0n) is 9.69. The highest BCUT2D eigenvalue weighted by atomic mass is 35.5. The molecule has 1 amide bonds. The number of benzene rings is 1. The number of rotatable bonds is 6. The van der Waals surface area contributed by atoms with Gasteiger partial charge < -0.3 is 5.73 Å². The Morgan fingerprint density at radius 3 is 2.47 bits per heavy atom. The lowest BCUT2D eigenvalue weighted by molar-refractivity contribution is -0.117. The molecule has 0 spiro atoms. The molecule has 0 saturated heterocycles. The minimum absolute atomic E-state index is 0.577. The maximum absolute atomic E-state index is 11.8. The molecule has 0 aromatic heterocycles. The number of alkyl halides is 1. The molecular formula is C12H16ClNO2S. The van der Waals surface area contributed by atoms with Crippen LogP contribution in [0.1, 0.15) is 30.7 Å². The van der Waals surface area contributed by atoms with Crippen LogP contribution in [0, 0.1) is 0 Å². The summed E-state index contributed by atoms with van der Waals surface area (Å²) in [6.07, 6.45) is 1.96. The van der Waals surface area contributed by atoms with Gasteiger partial charge in [-0.15, -0.1) is 11.6 Å². The summed E-state index contributed by atoms with van der Waals surface area (Å²) in [5.41, 5.74) is 5.74. The van der Waals surface area contributed by atoms with Crippen molar-refractivity contribution >= 4 is 28.3 Å². The van der Waals surface area contributed by atoms with Crippen LogP contribution in [0.15, 0.2) is 29.2 Å². The number of hydrogen-bond acceptors (Lipinski definition) is 2. The SMILES string of the molecule is CCCCS(=O)c1ccc(C(Cl)C(N)=O)cc1. The second kappa shape index (κ2) is 6.77. The Kier molecular flexibility index (Phi) is 5.65. The van der Waals surface area contributed by atoms with E-state index < -0.39 is 22.1 Å². The van der Waals surface area contributed by atoms with E-state index in [1.807, 2.05) is 0 Å². The molecule has 1 rings (SSSR count). The van der Waals surface area contributed by atoms with Gasteiger partial charge in [-0.25, -0.2) is 0 Å². The molecule has 0 aliphatic rings. The van der Waals surface area contributed by atoms with Crippen molar-refractivity contribution in [1.82, 2.24) is 0 Å². The average molecular weight is 274 g/mol. The van der Waals surface area contributed by atoms with Crippen LogP contribution in [-0.4, -0.2) is 15.9 Å². The van der Waals surface area contributed by atoms with E-state index in [0.29, 0.717) is 11.3 Å². The second-order valence-electron chi connectivity index (χ2n) is 3.74. The van der Waals surface area contributed by atoms with Crippen LogP contribution in [0.5, 0.6) is 0 Å². The van der Waals surface area contributed by atoms with E-state index in [1.165, 1.54) is 0 Å². The summed E-state index contributed by atoms with van der Waals surface area (Å²) in [5.74, 6) is 0.0854. The lowest BCUT2D eigenvalue weighted by Gasteiger charge is -2.06. The topological polar surface area (TPSA) is 60.2 Å². The van der Waals surface area contributed by atoms with E-state index in [0.717, 1.165) is 17.7 Å². The zero-order valence-corrected chi connectivity index (χ0v) is 11.3. The highest BCUT2D eigenvalue weighted by Crippen LogP contribution is 2.21. The largest absolute Gasteiger partial charge is 0.368 e. The summed E-state index contributed by atoms with van der Waals surface area (Å²) in [5, 5.41) is -0.826. The van der Waals surface area contributed by atoms with Gasteiger partial charge >= 0.3 is 0 Å². The number of amides is 1. The summed E-state index contributed by atoms with van der Waals surface area (Å²) >= 11 is 5.81. The van der Waals surface area contributed by atoms with Gasteiger partial charge in [-0.2, -0.15) is 0 Å². The molecule has 0 saturated carbocycles. The van der Waals surface area contributed by atoms with Crippen molar-refractivity contribution in [3.8, 4) is 0 Å². The molecule has 2 unspecified atom stereocenters. The molecule has 1 aromatic carbocycles. The van der Waals surface area contributed by atoms with E-state index >= 15 is 0 Å². The van der Waals surface area contributed by atoms with Gasteiger partial charge in [-0.1, -0.05) is 25.5 Å². The first-order chi connectivity index (χ1) is 8.06. The fourth-order valence-electron chi connectivity index (χ4n) is 1.35. The van der Waals surface area contributed by atoms with Crippen LogP contribution in [0.2, 0.25) is 0 Å². The van der Waals surface area contributed by atoms with Crippen LogP contribution in [0.3, 0.4) is 0 Å². The van der Waals surface area contributed by atoms with Crippen LogP contribution in [-0.2, 0) is 15.6 Å². The lowest BCUT2D eigenvalue weighted by Crippen LogP contribution is -2.16. The van der Waals surface area contributed by atoms with Crippen molar-refractivity contribution in [3.63, 3.8) is 0 Å². The fraction of sp³-hybridized carbons (Fsp3) is 0.417. The molecule has 17 heavy (non-hydrogen) atoms. The quantitative estimate of drug-likeness (QED) is 0.809. The lowest BCUT2D eigenvalue weighted by atomic mass is 10.1. The molecule has 0 heterocycles. The van der Waals surface area contributed by atoms with Crippen LogP contribution in [0.4, 0.5) is 0 Å². The van der Waals surface area contributed by atoms with Crippen molar-refractivity contribution in [1.29, 1.82) is 0 Å². The third-order valence-corrected chi connectivity index (χ3v) is 4.29. The van der Waals surface area contributed by atoms with Crippen molar-refractivity contribution in [3.05, 3.63) is 29.8 Å². The number of primary amides is 1. The third kappa shape index (κ3) is 4.13. The third-order valence-electron chi connectivity index (χ3n) is 2.37. The second-order valence-corrected chi connectivity index (χ2v) is 5.74. The van der Waals surface area contributed by atoms with Gasteiger partial charge in [0.1, 0.15) is 5.38 Å². The molecule has 0 radical (unpaired) electrons. The van der Waals surface area contributed by atoms with E-state index in [-0.39, 0.29) is 0 Å². The zero-order chi connectivity index (χ0) is 12.8. The predicted molar refractivity (Wildman–Crippen MR) is 70.4 cm³/mol. The van der Waals surface area contributed by atoms with Crippen molar-refractivity contribution in [2.75, 3.05) is 5.75 Å². The molecule has 0 aliphatic heterocycles.